The summed E-state index contributed by atoms with van der Waals surface area (Å²) in [6, 6.07) is 1.84. The summed E-state index contributed by atoms with van der Waals surface area (Å²) in [5.74, 6) is -0.00317. The van der Waals surface area contributed by atoms with Crippen LogP contribution in [0.1, 0.15) is 16.9 Å². The molecule has 0 radical (unpaired) electrons. The molecule has 1 saturated heterocycles. The molecule has 0 spiro atoms. The summed E-state index contributed by atoms with van der Waals surface area (Å²) in [4.78, 5) is 16.8. The molecule has 5 nitrogen and oxygen atoms in total. The predicted octanol–water partition coefficient (Wildman–Crippen LogP) is 1.15. The number of nitrogens with one attached hydrogen (secondary N) is 1. The van der Waals surface area contributed by atoms with Crippen LogP contribution < -0.4 is 5.32 Å². The summed E-state index contributed by atoms with van der Waals surface area (Å²) in [5.41, 5.74) is 0.691. The summed E-state index contributed by atoms with van der Waals surface area (Å²) in [6.07, 6.45) is 2.89. The third-order valence-corrected chi connectivity index (χ3v) is 4.17. The van der Waals surface area contributed by atoms with Gasteiger partial charge in [-0.25, -0.2) is 0 Å². The summed E-state index contributed by atoms with van der Waals surface area (Å²) >= 11 is 3.38. The Morgan fingerprint density at radius 2 is 2.00 bits per heavy atom. The Labute approximate surface area is 129 Å². The third kappa shape index (κ3) is 4.33. The van der Waals surface area contributed by atoms with Gasteiger partial charge in [0.05, 0.1) is 0 Å². The third-order valence-electron chi connectivity index (χ3n) is 3.74. The van der Waals surface area contributed by atoms with Crippen LogP contribution in [0.15, 0.2) is 16.7 Å². The normalized spacial score (nSPS) is 17.4. The van der Waals surface area contributed by atoms with Gasteiger partial charge in [-0.15, -0.1) is 0 Å². The van der Waals surface area contributed by atoms with E-state index in [1.807, 2.05) is 23.9 Å². The molecule has 2 rings (SSSR count). The van der Waals surface area contributed by atoms with E-state index < -0.39 is 0 Å². The lowest BCUT2D eigenvalue weighted by molar-refractivity contribution is 0.0941. The van der Waals surface area contributed by atoms with Crippen molar-refractivity contribution in [1.82, 2.24) is 19.7 Å². The number of hydrogen-bond donors (Lipinski definition) is 1. The lowest BCUT2D eigenvalue weighted by Gasteiger charge is -2.32. The van der Waals surface area contributed by atoms with E-state index in [0.29, 0.717) is 5.69 Å². The Bertz CT molecular complexity index is 452. The highest BCUT2D eigenvalue weighted by molar-refractivity contribution is 9.10. The maximum atomic E-state index is 12.0. The van der Waals surface area contributed by atoms with E-state index >= 15 is 0 Å². The van der Waals surface area contributed by atoms with Crippen molar-refractivity contribution in [3.63, 3.8) is 0 Å². The van der Waals surface area contributed by atoms with Crippen molar-refractivity contribution in [3.05, 3.63) is 22.4 Å². The fourth-order valence-corrected chi connectivity index (χ4v) is 2.94. The van der Waals surface area contributed by atoms with Gasteiger partial charge in [0.2, 0.25) is 0 Å². The number of carbonyl (C=O) groups is 1. The molecule has 1 N–H and O–H groups in total. The number of nitrogens with zero attached hydrogens (tertiary/aromatic N) is 3. The molecule has 112 valence electrons. The minimum Gasteiger partial charge on any atom is -0.351 e. The number of likely N-dealkylation sites (N-methyl/N-ethyl adjacent to an activating group) is 1. The second-order valence-electron chi connectivity index (χ2n) is 5.41. The predicted molar refractivity (Wildman–Crippen MR) is 84.0 cm³/mol. The average Bonchev–Trinajstić information content (AvgIpc) is 2.75. The molecular formula is C14H23BrN4O. The van der Waals surface area contributed by atoms with E-state index in [4.69, 9.17) is 0 Å². The Kier molecular flexibility index (Phi) is 5.63. The van der Waals surface area contributed by atoms with E-state index in [2.05, 4.69) is 38.1 Å². The molecule has 6 heteroatoms. The Hall–Kier alpha value is -0.850. The maximum Gasteiger partial charge on any atom is 0.267 e. The molecule has 0 unspecified atom stereocenters. The number of hydrogen-bond acceptors (Lipinski definition) is 3. The van der Waals surface area contributed by atoms with Gasteiger partial charge in [-0.05, 0) is 42.0 Å². The summed E-state index contributed by atoms with van der Waals surface area (Å²) in [7, 11) is 4.04. The van der Waals surface area contributed by atoms with Gasteiger partial charge in [-0.3, -0.25) is 4.79 Å². The SMILES string of the molecule is CN1CCN(CCCNC(=O)c2cc(Br)cn2C)CC1. The molecule has 1 aromatic rings. The van der Waals surface area contributed by atoms with Crippen LogP contribution in [0, 0.1) is 0 Å². The van der Waals surface area contributed by atoms with E-state index in [9.17, 15) is 4.79 Å². The van der Waals surface area contributed by atoms with Gasteiger partial charge in [0, 0.05) is 50.4 Å². The van der Waals surface area contributed by atoms with E-state index in [0.717, 1.165) is 50.2 Å². The van der Waals surface area contributed by atoms with Crippen LogP contribution in [0.25, 0.3) is 0 Å². The zero-order valence-electron chi connectivity index (χ0n) is 12.2. The molecule has 0 aromatic carbocycles. The molecular weight excluding hydrogens is 320 g/mol. The highest BCUT2D eigenvalue weighted by atomic mass is 79.9. The fraction of sp³-hybridized carbons (Fsp3) is 0.643. The fourth-order valence-electron chi connectivity index (χ4n) is 2.42. The maximum absolute atomic E-state index is 12.0. The van der Waals surface area contributed by atoms with E-state index in [1.54, 1.807) is 0 Å². The molecule has 2 heterocycles. The standard InChI is InChI=1S/C14H23BrN4O/c1-17-6-8-19(9-7-17)5-3-4-16-14(20)13-10-12(15)11-18(13)2/h10-11H,3-9H2,1-2H3,(H,16,20). The van der Waals surface area contributed by atoms with Gasteiger partial charge >= 0.3 is 0 Å². The van der Waals surface area contributed by atoms with Crippen molar-refractivity contribution < 1.29 is 4.79 Å². The quantitative estimate of drug-likeness (QED) is 0.816. The first kappa shape index (κ1) is 15.5. The molecule has 0 saturated carbocycles. The van der Waals surface area contributed by atoms with Crippen LogP contribution in [0.5, 0.6) is 0 Å². The molecule has 0 aliphatic carbocycles. The van der Waals surface area contributed by atoms with Crippen molar-refractivity contribution in [1.29, 1.82) is 0 Å². The summed E-state index contributed by atoms with van der Waals surface area (Å²) in [5, 5.41) is 2.98. The molecule has 0 atom stereocenters. The molecule has 1 aliphatic rings. The van der Waals surface area contributed by atoms with Crippen molar-refractivity contribution in [3.8, 4) is 0 Å². The van der Waals surface area contributed by atoms with Gasteiger partial charge in [0.15, 0.2) is 0 Å². The van der Waals surface area contributed by atoms with Crippen LogP contribution in [0.3, 0.4) is 0 Å². The molecule has 1 aliphatic heterocycles. The van der Waals surface area contributed by atoms with E-state index in [1.165, 1.54) is 0 Å². The molecule has 1 amide bonds. The number of carbonyl (C=O) groups excluding carboxylic acids is 1. The Balaban J connectivity index is 1.66. The van der Waals surface area contributed by atoms with Crippen molar-refractivity contribution in [2.24, 2.45) is 7.05 Å². The lowest BCUT2D eigenvalue weighted by atomic mass is 10.3. The highest BCUT2D eigenvalue weighted by Crippen LogP contribution is 2.13. The van der Waals surface area contributed by atoms with Gasteiger partial charge in [0.1, 0.15) is 5.69 Å². The van der Waals surface area contributed by atoms with Crippen LogP contribution in [0.2, 0.25) is 0 Å². The van der Waals surface area contributed by atoms with Crippen molar-refractivity contribution in [2.75, 3.05) is 46.3 Å². The molecule has 1 fully saturated rings. The average molecular weight is 343 g/mol. The van der Waals surface area contributed by atoms with Gasteiger partial charge in [0.25, 0.3) is 5.91 Å². The van der Waals surface area contributed by atoms with Crippen molar-refractivity contribution in [2.45, 2.75) is 6.42 Å². The number of rotatable bonds is 5. The van der Waals surface area contributed by atoms with Crippen molar-refractivity contribution >= 4 is 21.8 Å². The van der Waals surface area contributed by atoms with Gasteiger partial charge in [-0.2, -0.15) is 0 Å². The summed E-state index contributed by atoms with van der Waals surface area (Å²) < 4.78 is 2.77. The van der Waals surface area contributed by atoms with Gasteiger partial charge < -0.3 is 19.7 Å². The number of aromatic nitrogens is 1. The first-order valence-electron chi connectivity index (χ1n) is 7.07. The first-order chi connectivity index (χ1) is 9.56. The van der Waals surface area contributed by atoms with Crippen LogP contribution in [-0.2, 0) is 7.05 Å². The second-order valence-corrected chi connectivity index (χ2v) is 6.32. The molecule has 20 heavy (non-hydrogen) atoms. The number of amides is 1. The number of aryl methyl sites for hydroxylation is 1. The number of halogens is 1. The summed E-state index contributed by atoms with van der Waals surface area (Å²) in [6.45, 7) is 6.34. The second kappa shape index (κ2) is 7.24. The zero-order valence-corrected chi connectivity index (χ0v) is 13.8. The molecule has 0 bridgehead atoms. The Morgan fingerprint density at radius 1 is 1.30 bits per heavy atom. The Morgan fingerprint density at radius 3 is 2.60 bits per heavy atom. The van der Waals surface area contributed by atoms with Gasteiger partial charge in [-0.1, -0.05) is 0 Å². The van der Waals surface area contributed by atoms with E-state index in [-0.39, 0.29) is 5.91 Å². The minimum absolute atomic E-state index is 0.00317. The monoisotopic (exact) mass is 342 g/mol. The molecule has 1 aromatic heterocycles. The lowest BCUT2D eigenvalue weighted by Crippen LogP contribution is -2.45. The smallest absolute Gasteiger partial charge is 0.267 e. The first-order valence-corrected chi connectivity index (χ1v) is 7.86. The number of piperazine rings is 1. The largest absolute Gasteiger partial charge is 0.351 e. The zero-order chi connectivity index (χ0) is 14.5. The van der Waals surface area contributed by atoms with Crippen LogP contribution in [-0.4, -0.2) is 66.6 Å². The van der Waals surface area contributed by atoms with Crippen LogP contribution >= 0.6 is 15.9 Å². The van der Waals surface area contributed by atoms with Crippen LogP contribution in [0.4, 0.5) is 0 Å². The minimum atomic E-state index is -0.00317. The highest BCUT2D eigenvalue weighted by Gasteiger charge is 2.13. The topological polar surface area (TPSA) is 40.5 Å².